The SMILES string of the molecule is CCC(NC(C)=O)[Si](C)(c1cccc(C)c1)c1cccc(C)c1. The van der Waals surface area contributed by atoms with Crippen LogP contribution in [0.4, 0.5) is 0 Å². The molecule has 23 heavy (non-hydrogen) atoms. The number of rotatable bonds is 5. The lowest BCUT2D eigenvalue weighted by molar-refractivity contribution is -0.119. The molecule has 0 bridgehead atoms. The van der Waals surface area contributed by atoms with Crippen molar-refractivity contribution in [1.82, 2.24) is 5.32 Å². The van der Waals surface area contributed by atoms with E-state index in [0.717, 1.165) is 6.42 Å². The molecule has 0 spiro atoms. The molecule has 2 rings (SSSR count). The Morgan fingerprint density at radius 2 is 1.52 bits per heavy atom. The molecule has 0 aromatic heterocycles. The lowest BCUT2D eigenvalue weighted by Crippen LogP contribution is -2.68. The predicted octanol–water partition coefficient (Wildman–Crippen LogP) is 2.95. The highest BCUT2D eigenvalue weighted by molar-refractivity contribution is 7.02. The maximum atomic E-state index is 11.8. The number of aryl methyl sites for hydroxylation is 2. The minimum atomic E-state index is -2.09. The third kappa shape index (κ3) is 3.73. The summed E-state index contributed by atoms with van der Waals surface area (Å²) in [6, 6.07) is 17.6. The molecule has 1 unspecified atom stereocenters. The van der Waals surface area contributed by atoms with Crippen LogP contribution < -0.4 is 15.7 Å². The Bertz CT molecular complexity index is 650. The van der Waals surface area contributed by atoms with Crippen LogP contribution in [0, 0.1) is 13.8 Å². The molecule has 122 valence electrons. The second-order valence-corrected chi connectivity index (χ2v) is 10.9. The summed E-state index contributed by atoms with van der Waals surface area (Å²) in [5.41, 5.74) is 2.72. The number of amides is 1. The van der Waals surface area contributed by atoms with E-state index < -0.39 is 8.07 Å². The van der Waals surface area contributed by atoms with E-state index >= 15 is 0 Å². The number of nitrogens with one attached hydrogen (secondary N) is 1. The molecule has 0 saturated heterocycles. The van der Waals surface area contributed by atoms with Crippen molar-refractivity contribution in [3.63, 3.8) is 0 Å². The van der Waals surface area contributed by atoms with Crippen LogP contribution in [0.15, 0.2) is 48.5 Å². The van der Waals surface area contributed by atoms with Crippen LogP contribution in [0.1, 0.15) is 31.4 Å². The van der Waals surface area contributed by atoms with Crippen molar-refractivity contribution >= 4 is 24.4 Å². The highest BCUT2D eigenvalue weighted by atomic mass is 28.3. The van der Waals surface area contributed by atoms with Gasteiger partial charge in [0.25, 0.3) is 0 Å². The molecule has 0 aliphatic rings. The monoisotopic (exact) mass is 325 g/mol. The highest BCUT2D eigenvalue weighted by Crippen LogP contribution is 2.15. The molecule has 0 radical (unpaired) electrons. The molecule has 0 saturated carbocycles. The second kappa shape index (κ2) is 7.13. The summed E-state index contributed by atoms with van der Waals surface area (Å²) in [4.78, 5) is 11.8. The Morgan fingerprint density at radius 3 is 1.87 bits per heavy atom. The van der Waals surface area contributed by atoms with Crippen LogP contribution in [0.25, 0.3) is 0 Å². The average molecular weight is 326 g/mol. The van der Waals surface area contributed by atoms with E-state index in [2.05, 4.69) is 81.2 Å². The second-order valence-electron chi connectivity index (χ2n) is 6.60. The first-order valence-corrected chi connectivity index (χ1v) is 10.9. The van der Waals surface area contributed by atoms with Gasteiger partial charge in [0, 0.05) is 12.6 Å². The minimum Gasteiger partial charge on any atom is -0.355 e. The Kier molecular flexibility index (Phi) is 5.42. The number of hydrogen-bond acceptors (Lipinski definition) is 1. The Balaban J connectivity index is 2.65. The summed E-state index contributed by atoms with van der Waals surface area (Å²) in [6.07, 6.45) is 0.935. The van der Waals surface area contributed by atoms with Gasteiger partial charge in [0.15, 0.2) is 0 Å². The first-order valence-electron chi connectivity index (χ1n) is 8.29. The van der Waals surface area contributed by atoms with Crippen molar-refractivity contribution in [3.8, 4) is 0 Å². The lowest BCUT2D eigenvalue weighted by Gasteiger charge is -2.37. The summed E-state index contributed by atoms with van der Waals surface area (Å²) in [5.74, 6) is 0.0517. The first-order chi connectivity index (χ1) is 10.9. The number of carbonyl (C=O) groups is 1. The molecule has 1 amide bonds. The van der Waals surface area contributed by atoms with Crippen LogP contribution in [0.5, 0.6) is 0 Å². The van der Waals surface area contributed by atoms with Crippen molar-refractivity contribution in [2.45, 2.75) is 46.3 Å². The number of hydrogen-bond donors (Lipinski definition) is 1. The third-order valence-electron chi connectivity index (χ3n) is 4.72. The molecule has 0 fully saturated rings. The topological polar surface area (TPSA) is 29.1 Å². The van der Waals surface area contributed by atoms with Crippen LogP contribution in [0.2, 0.25) is 6.55 Å². The molecule has 3 heteroatoms. The zero-order valence-electron chi connectivity index (χ0n) is 14.8. The lowest BCUT2D eigenvalue weighted by atomic mass is 10.2. The van der Waals surface area contributed by atoms with Gasteiger partial charge in [-0.1, -0.05) is 83.5 Å². The smallest absolute Gasteiger partial charge is 0.216 e. The zero-order valence-corrected chi connectivity index (χ0v) is 15.8. The summed E-state index contributed by atoms with van der Waals surface area (Å²) in [7, 11) is -2.09. The number of carbonyl (C=O) groups excluding carboxylic acids is 1. The molecule has 0 aliphatic carbocycles. The molecule has 2 nitrogen and oxygen atoms in total. The van der Waals surface area contributed by atoms with Crippen molar-refractivity contribution in [3.05, 3.63) is 59.7 Å². The molecular formula is C20H27NOSi. The van der Waals surface area contributed by atoms with E-state index in [0.29, 0.717) is 0 Å². The van der Waals surface area contributed by atoms with Gasteiger partial charge in [0.1, 0.15) is 8.07 Å². The average Bonchev–Trinajstić information content (AvgIpc) is 2.51. The van der Waals surface area contributed by atoms with E-state index in [1.54, 1.807) is 6.92 Å². The Morgan fingerprint density at radius 1 is 1.04 bits per heavy atom. The highest BCUT2D eigenvalue weighted by Gasteiger charge is 2.40. The van der Waals surface area contributed by atoms with E-state index in [1.165, 1.54) is 21.5 Å². The van der Waals surface area contributed by atoms with Gasteiger partial charge in [-0.25, -0.2) is 0 Å². The maximum Gasteiger partial charge on any atom is 0.216 e. The predicted molar refractivity (Wildman–Crippen MR) is 101 cm³/mol. The fraction of sp³-hybridized carbons (Fsp3) is 0.350. The fourth-order valence-electron chi connectivity index (χ4n) is 3.41. The Hall–Kier alpha value is -1.87. The van der Waals surface area contributed by atoms with Gasteiger partial charge < -0.3 is 5.32 Å². The molecule has 0 aliphatic heterocycles. The normalized spacial score (nSPS) is 12.7. The van der Waals surface area contributed by atoms with Crippen LogP contribution >= 0.6 is 0 Å². The summed E-state index contributed by atoms with van der Waals surface area (Å²) < 4.78 is 0. The summed E-state index contributed by atoms with van der Waals surface area (Å²) >= 11 is 0. The van der Waals surface area contributed by atoms with Gasteiger partial charge in [-0.3, -0.25) is 4.79 Å². The van der Waals surface area contributed by atoms with Crippen molar-refractivity contribution < 1.29 is 4.79 Å². The molecule has 1 N–H and O–H groups in total. The fourth-order valence-corrected chi connectivity index (χ4v) is 7.79. The quantitative estimate of drug-likeness (QED) is 0.842. The summed E-state index contributed by atoms with van der Waals surface area (Å²) in [6.45, 7) is 10.4. The molecule has 1 atom stereocenters. The molecule has 2 aromatic rings. The van der Waals surface area contributed by atoms with E-state index in [1.807, 2.05) is 0 Å². The van der Waals surface area contributed by atoms with E-state index in [4.69, 9.17) is 0 Å². The minimum absolute atomic E-state index is 0.0517. The Labute approximate surface area is 141 Å². The van der Waals surface area contributed by atoms with Crippen LogP contribution in [-0.2, 0) is 4.79 Å². The van der Waals surface area contributed by atoms with E-state index in [-0.39, 0.29) is 11.6 Å². The third-order valence-corrected chi connectivity index (χ3v) is 9.69. The van der Waals surface area contributed by atoms with Gasteiger partial charge in [0.2, 0.25) is 5.91 Å². The molecular weight excluding hydrogens is 298 g/mol. The van der Waals surface area contributed by atoms with Crippen LogP contribution in [0.3, 0.4) is 0 Å². The van der Waals surface area contributed by atoms with Gasteiger partial charge in [0.05, 0.1) is 0 Å². The molecule has 0 heterocycles. The molecule has 2 aromatic carbocycles. The van der Waals surface area contributed by atoms with E-state index in [9.17, 15) is 4.79 Å². The van der Waals surface area contributed by atoms with Crippen molar-refractivity contribution in [2.24, 2.45) is 0 Å². The van der Waals surface area contributed by atoms with Gasteiger partial charge in [-0.15, -0.1) is 0 Å². The largest absolute Gasteiger partial charge is 0.355 e. The maximum absolute atomic E-state index is 11.8. The zero-order chi connectivity index (χ0) is 17.0. The first kappa shape index (κ1) is 17.5. The van der Waals surface area contributed by atoms with Gasteiger partial charge in [-0.05, 0) is 20.3 Å². The summed E-state index contributed by atoms with van der Waals surface area (Å²) in [5, 5.41) is 5.99. The van der Waals surface area contributed by atoms with Gasteiger partial charge in [-0.2, -0.15) is 0 Å². The van der Waals surface area contributed by atoms with Gasteiger partial charge >= 0.3 is 0 Å². The van der Waals surface area contributed by atoms with Crippen LogP contribution in [-0.4, -0.2) is 19.6 Å². The standard InChI is InChI=1S/C20H27NOSi/c1-6-20(21-17(4)22)23(5,18-11-7-9-15(2)13-18)19-12-8-10-16(3)14-19/h7-14,20H,6H2,1-5H3,(H,21,22). The van der Waals surface area contributed by atoms with Crippen molar-refractivity contribution in [2.75, 3.05) is 0 Å². The van der Waals surface area contributed by atoms with Crippen molar-refractivity contribution in [1.29, 1.82) is 0 Å². The number of benzene rings is 2.